The van der Waals surface area contributed by atoms with Crippen LogP contribution in [-0.2, 0) is 4.79 Å². The molecule has 3 heteroatoms. The molecule has 0 saturated carbocycles. The highest BCUT2D eigenvalue weighted by molar-refractivity contribution is 5.91. The summed E-state index contributed by atoms with van der Waals surface area (Å²) in [6, 6.07) is 5.36. The molecular weight excluding hydrogens is 180 g/mol. The molecule has 1 aliphatic rings. The highest BCUT2D eigenvalue weighted by atomic mass is 16.5. The third-order valence-corrected chi connectivity index (χ3v) is 2.15. The predicted molar refractivity (Wildman–Crippen MR) is 52.3 cm³/mol. The summed E-state index contributed by atoms with van der Waals surface area (Å²) >= 11 is 0. The highest BCUT2D eigenvalue weighted by Gasteiger charge is 2.20. The van der Waals surface area contributed by atoms with E-state index in [9.17, 15) is 4.79 Å². The molecule has 0 N–H and O–H groups in total. The molecule has 1 heterocycles. The van der Waals surface area contributed by atoms with Gasteiger partial charge >= 0.3 is 5.97 Å². The predicted octanol–water partition coefficient (Wildman–Crippen LogP) is 2.02. The average Bonchev–Trinajstić information content (AvgIpc) is 2.16. The van der Waals surface area contributed by atoms with Gasteiger partial charge in [0.1, 0.15) is 11.5 Å². The normalized spacial score (nSPS) is 14.6. The van der Waals surface area contributed by atoms with Crippen molar-refractivity contribution in [2.75, 3.05) is 7.11 Å². The number of carbonyl (C=O) groups excluding carboxylic acids is 1. The number of carbonyl (C=O) groups is 1. The maximum atomic E-state index is 11.1. The summed E-state index contributed by atoms with van der Waals surface area (Å²) in [5.74, 6) is 0.938. The van der Waals surface area contributed by atoms with Crippen molar-refractivity contribution in [2.24, 2.45) is 0 Å². The molecule has 1 aromatic carbocycles. The zero-order valence-corrected chi connectivity index (χ0v) is 7.87. The molecule has 3 nitrogen and oxygen atoms in total. The number of methoxy groups -OCH3 is 1. The standard InChI is InChI=1S/C11H10O3/c1-7-5-11(12)14-10-6-8(13-2)3-4-9(7)10/h3-4,6H,1,5H2,2H3. The van der Waals surface area contributed by atoms with Crippen molar-refractivity contribution >= 4 is 11.5 Å². The molecule has 0 saturated heterocycles. The van der Waals surface area contributed by atoms with E-state index in [0.717, 1.165) is 11.1 Å². The molecule has 0 unspecified atom stereocenters. The fourth-order valence-corrected chi connectivity index (χ4v) is 1.43. The van der Waals surface area contributed by atoms with Gasteiger partial charge in [0.25, 0.3) is 0 Å². The summed E-state index contributed by atoms with van der Waals surface area (Å²) in [6.07, 6.45) is 0.263. The second-order valence-electron chi connectivity index (χ2n) is 3.12. The maximum absolute atomic E-state index is 11.1. The van der Waals surface area contributed by atoms with Crippen LogP contribution in [0.5, 0.6) is 11.5 Å². The van der Waals surface area contributed by atoms with E-state index in [1.165, 1.54) is 0 Å². The fraction of sp³-hybridized carbons (Fsp3) is 0.182. The first kappa shape index (κ1) is 8.81. The van der Waals surface area contributed by atoms with Crippen LogP contribution in [0.4, 0.5) is 0 Å². The largest absolute Gasteiger partial charge is 0.497 e. The third-order valence-electron chi connectivity index (χ3n) is 2.15. The Labute approximate surface area is 81.9 Å². The van der Waals surface area contributed by atoms with Crippen LogP contribution >= 0.6 is 0 Å². The van der Waals surface area contributed by atoms with Crippen LogP contribution < -0.4 is 9.47 Å². The number of esters is 1. The molecule has 0 bridgehead atoms. The van der Waals surface area contributed by atoms with Gasteiger partial charge in [0.05, 0.1) is 13.5 Å². The van der Waals surface area contributed by atoms with E-state index < -0.39 is 0 Å². The Balaban J connectivity index is 2.49. The quantitative estimate of drug-likeness (QED) is 0.502. The Hall–Kier alpha value is -1.77. The van der Waals surface area contributed by atoms with Crippen molar-refractivity contribution in [3.8, 4) is 11.5 Å². The lowest BCUT2D eigenvalue weighted by molar-refractivity contribution is -0.133. The summed E-state index contributed by atoms with van der Waals surface area (Å²) in [5, 5.41) is 0. The van der Waals surface area contributed by atoms with Crippen molar-refractivity contribution in [1.29, 1.82) is 0 Å². The zero-order chi connectivity index (χ0) is 10.1. The SMILES string of the molecule is C=C1CC(=O)Oc2cc(OC)ccc21. The number of ether oxygens (including phenoxy) is 2. The molecule has 1 aromatic rings. The van der Waals surface area contributed by atoms with E-state index in [-0.39, 0.29) is 12.4 Å². The molecule has 2 rings (SSSR count). The van der Waals surface area contributed by atoms with Gasteiger partial charge in [-0.1, -0.05) is 6.58 Å². The fourth-order valence-electron chi connectivity index (χ4n) is 1.43. The van der Waals surface area contributed by atoms with Gasteiger partial charge in [-0.3, -0.25) is 4.79 Å². The van der Waals surface area contributed by atoms with E-state index in [1.54, 1.807) is 13.2 Å². The average molecular weight is 190 g/mol. The van der Waals surface area contributed by atoms with Crippen molar-refractivity contribution in [2.45, 2.75) is 6.42 Å². The minimum Gasteiger partial charge on any atom is -0.497 e. The van der Waals surface area contributed by atoms with Gasteiger partial charge in [0.2, 0.25) is 0 Å². The smallest absolute Gasteiger partial charge is 0.315 e. The Kier molecular flexibility index (Phi) is 2.00. The van der Waals surface area contributed by atoms with Crippen LogP contribution in [0.15, 0.2) is 24.8 Å². The molecular formula is C11H10O3. The van der Waals surface area contributed by atoms with Crippen LogP contribution in [0.3, 0.4) is 0 Å². The Bertz CT molecular complexity index is 407. The topological polar surface area (TPSA) is 35.5 Å². The van der Waals surface area contributed by atoms with E-state index in [0.29, 0.717) is 11.5 Å². The second-order valence-corrected chi connectivity index (χ2v) is 3.12. The number of rotatable bonds is 1. The monoisotopic (exact) mass is 190 g/mol. The van der Waals surface area contributed by atoms with Gasteiger partial charge in [-0.15, -0.1) is 0 Å². The molecule has 14 heavy (non-hydrogen) atoms. The molecule has 0 amide bonds. The minimum atomic E-state index is -0.268. The van der Waals surface area contributed by atoms with Crippen molar-refractivity contribution < 1.29 is 14.3 Å². The Morgan fingerprint density at radius 1 is 1.50 bits per heavy atom. The van der Waals surface area contributed by atoms with Gasteiger partial charge in [-0.2, -0.15) is 0 Å². The maximum Gasteiger partial charge on any atom is 0.315 e. The molecule has 0 radical (unpaired) electrons. The van der Waals surface area contributed by atoms with Gasteiger partial charge < -0.3 is 9.47 Å². The summed E-state index contributed by atoms with van der Waals surface area (Å²) in [6.45, 7) is 3.82. The van der Waals surface area contributed by atoms with Crippen LogP contribution in [0.1, 0.15) is 12.0 Å². The number of fused-ring (bicyclic) bond motifs is 1. The van der Waals surface area contributed by atoms with Crippen molar-refractivity contribution in [3.63, 3.8) is 0 Å². The van der Waals surface area contributed by atoms with Crippen molar-refractivity contribution in [3.05, 3.63) is 30.3 Å². The van der Waals surface area contributed by atoms with Gasteiger partial charge in [-0.25, -0.2) is 0 Å². The van der Waals surface area contributed by atoms with Gasteiger partial charge in [0.15, 0.2) is 0 Å². The zero-order valence-electron chi connectivity index (χ0n) is 7.87. The summed E-state index contributed by atoms with van der Waals surface area (Å²) in [4.78, 5) is 11.1. The highest BCUT2D eigenvalue weighted by Crippen LogP contribution is 2.34. The first-order valence-corrected chi connectivity index (χ1v) is 4.27. The molecule has 0 fully saturated rings. The second kappa shape index (κ2) is 3.18. The lowest BCUT2D eigenvalue weighted by Crippen LogP contribution is -2.14. The molecule has 0 spiro atoms. The van der Waals surface area contributed by atoms with Gasteiger partial charge in [-0.05, 0) is 17.7 Å². The van der Waals surface area contributed by atoms with E-state index in [4.69, 9.17) is 9.47 Å². The molecule has 0 aliphatic carbocycles. The number of hydrogen-bond donors (Lipinski definition) is 0. The lowest BCUT2D eigenvalue weighted by Gasteiger charge is -2.17. The summed E-state index contributed by atoms with van der Waals surface area (Å²) < 4.78 is 10.1. The molecule has 72 valence electrons. The number of benzene rings is 1. The first-order chi connectivity index (χ1) is 6.70. The molecule has 0 aromatic heterocycles. The van der Waals surface area contributed by atoms with Crippen LogP contribution in [-0.4, -0.2) is 13.1 Å². The van der Waals surface area contributed by atoms with Crippen LogP contribution in [0.25, 0.3) is 5.57 Å². The van der Waals surface area contributed by atoms with Crippen LogP contribution in [0.2, 0.25) is 0 Å². The summed E-state index contributed by atoms with van der Waals surface area (Å²) in [5.41, 5.74) is 1.67. The summed E-state index contributed by atoms with van der Waals surface area (Å²) in [7, 11) is 1.57. The lowest BCUT2D eigenvalue weighted by atomic mass is 10.0. The Morgan fingerprint density at radius 3 is 3.00 bits per heavy atom. The van der Waals surface area contributed by atoms with E-state index in [2.05, 4.69) is 6.58 Å². The van der Waals surface area contributed by atoms with E-state index in [1.807, 2.05) is 12.1 Å². The van der Waals surface area contributed by atoms with Crippen molar-refractivity contribution in [1.82, 2.24) is 0 Å². The third kappa shape index (κ3) is 1.37. The first-order valence-electron chi connectivity index (χ1n) is 4.27. The molecule has 0 atom stereocenters. The number of hydrogen-bond acceptors (Lipinski definition) is 3. The molecule has 1 aliphatic heterocycles. The van der Waals surface area contributed by atoms with E-state index >= 15 is 0 Å². The van der Waals surface area contributed by atoms with Crippen LogP contribution in [0, 0.1) is 0 Å². The minimum absolute atomic E-state index is 0.263. The Morgan fingerprint density at radius 2 is 2.29 bits per heavy atom. The van der Waals surface area contributed by atoms with Gasteiger partial charge in [0, 0.05) is 11.6 Å².